The molecule has 1 aliphatic heterocycles. The molecule has 2 rings (SSSR count). The van der Waals surface area contributed by atoms with Crippen molar-refractivity contribution >= 4 is 11.9 Å². The summed E-state index contributed by atoms with van der Waals surface area (Å²) in [5.41, 5.74) is 0.130. The summed E-state index contributed by atoms with van der Waals surface area (Å²) >= 11 is 0. The molecule has 6 heteroatoms. The maximum absolute atomic E-state index is 12.4. The Labute approximate surface area is 105 Å². The zero-order valence-corrected chi connectivity index (χ0v) is 10.8. The van der Waals surface area contributed by atoms with Crippen LogP contribution in [0.2, 0.25) is 0 Å². The topological polar surface area (TPSA) is 75.4 Å². The lowest BCUT2D eigenvalue weighted by atomic mass is 9.98. The largest absolute Gasteiger partial charge is 0.480 e. The molecule has 1 aromatic rings. The number of nitrogens with zero attached hydrogens (tertiary/aromatic N) is 3. The summed E-state index contributed by atoms with van der Waals surface area (Å²) < 4.78 is 1.61. The molecule has 0 aromatic carbocycles. The van der Waals surface area contributed by atoms with Gasteiger partial charge in [-0.1, -0.05) is 0 Å². The maximum atomic E-state index is 12.4. The van der Waals surface area contributed by atoms with Crippen LogP contribution in [0.15, 0.2) is 6.20 Å². The number of likely N-dealkylation sites (tertiary alicyclic amines) is 1. The van der Waals surface area contributed by atoms with Gasteiger partial charge in [0, 0.05) is 19.3 Å². The molecule has 18 heavy (non-hydrogen) atoms. The fourth-order valence-electron chi connectivity index (χ4n) is 2.37. The molecule has 98 valence electrons. The van der Waals surface area contributed by atoms with Crippen molar-refractivity contribution < 1.29 is 14.7 Å². The first-order chi connectivity index (χ1) is 8.38. The van der Waals surface area contributed by atoms with E-state index in [1.54, 1.807) is 25.6 Å². The highest BCUT2D eigenvalue weighted by Gasteiger charge is 2.46. The highest BCUT2D eigenvalue weighted by Crippen LogP contribution is 2.31. The second-order valence-electron chi connectivity index (χ2n) is 4.91. The van der Waals surface area contributed by atoms with Gasteiger partial charge >= 0.3 is 5.97 Å². The number of carboxylic acids is 1. The lowest BCUT2D eigenvalue weighted by molar-refractivity contribution is -0.147. The van der Waals surface area contributed by atoms with Crippen molar-refractivity contribution in [3.63, 3.8) is 0 Å². The van der Waals surface area contributed by atoms with E-state index in [9.17, 15) is 14.7 Å². The average molecular weight is 251 g/mol. The highest BCUT2D eigenvalue weighted by atomic mass is 16.4. The number of aliphatic carboxylic acids is 1. The number of hydrogen-bond donors (Lipinski definition) is 1. The smallest absolute Gasteiger partial charge is 0.329 e. The number of hydrogen-bond acceptors (Lipinski definition) is 3. The fourth-order valence-corrected chi connectivity index (χ4v) is 2.37. The van der Waals surface area contributed by atoms with Crippen molar-refractivity contribution in [2.24, 2.45) is 7.05 Å². The van der Waals surface area contributed by atoms with Crippen molar-refractivity contribution in [1.82, 2.24) is 14.7 Å². The van der Waals surface area contributed by atoms with Crippen molar-refractivity contribution in [2.75, 3.05) is 6.54 Å². The first-order valence-corrected chi connectivity index (χ1v) is 5.92. The number of carbonyl (C=O) groups is 2. The van der Waals surface area contributed by atoms with Gasteiger partial charge in [0.1, 0.15) is 5.54 Å². The van der Waals surface area contributed by atoms with Gasteiger partial charge in [-0.05, 0) is 26.7 Å². The number of carbonyl (C=O) groups excluding carboxylic acids is 1. The van der Waals surface area contributed by atoms with Gasteiger partial charge < -0.3 is 10.0 Å². The Morgan fingerprint density at radius 3 is 2.67 bits per heavy atom. The van der Waals surface area contributed by atoms with Crippen LogP contribution in [0.1, 0.15) is 35.8 Å². The standard InChI is InChI=1S/C12H17N3O3/c1-8-9(7-13-14(8)3)10(16)15-6-4-5-12(15,2)11(17)18/h7H,4-6H2,1-3H3,(H,17,18). The second-order valence-corrected chi connectivity index (χ2v) is 4.91. The first kappa shape index (κ1) is 12.6. The molecule has 0 aliphatic carbocycles. The third-order valence-corrected chi connectivity index (χ3v) is 3.81. The van der Waals surface area contributed by atoms with Crippen LogP contribution in [-0.2, 0) is 11.8 Å². The lowest BCUT2D eigenvalue weighted by Gasteiger charge is -2.31. The van der Waals surface area contributed by atoms with Crippen LogP contribution in [-0.4, -0.2) is 43.7 Å². The minimum Gasteiger partial charge on any atom is -0.480 e. The van der Waals surface area contributed by atoms with Crippen molar-refractivity contribution in [1.29, 1.82) is 0 Å². The lowest BCUT2D eigenvalue weighted by Crippen LogP contribution is -2.50. The Kier molecular flexibility index (Phi) is 2.88. The normalized spacial score (nSPS) is 23.4. The van der Waals surface area contributed by atoms with Crippen LogP contribution < -0.4 is 0 Å². The van der Waals surface area contributed by atoms with E-state index in [0.717, 1.165) is 5.69 Å². The summed E-state index contributed by atoms with van der Waals surface area (Å²) in [6.45, 7) is 3.89. The zero-order valence-electron chi connectivity index (χ0n) is 10.8. The zero-order chi connectivity index (χ0) is 13.5. The van der Waals surface area contributed by atoms with Gasteiger partial charge in [-0.2, -0.15) is 5.10 Å². The van der Waals surface area contributed by atoms with E-state index in [4.69, 9.17) is 0 Å². The molecule has 2 heterocycles. The molecule has 0 saturated carbocycles. The molecule has 0 bridgehead atoms. The van der Waals surface area contributed by atoms with E-state index in [1.165, 1.54) is 11.1 Å². The van der Waals surface area contributed by atoms with E-state index < -0.39 is 11.5 Å². The van der Waals surface area contributed by atoms with Gasteiger partial charge in [-0.3, -0.25) is 9.48 Å². The van der Waals surface area contributed by atoms with Crippen LogP contribution in [0.25, 0.3) is 0 Å². The van der Waals surface area contributed by atoms with Gasteiger partial charge in [-0.25, -0.2) is 4.79 Å². The Morgan fingerprint density at radius 2 is 2.17 bits per heavy atom. The van der Waals surface area contributed by atoms with Crippen molar-refractivity contribution in [2.45, 2.75) is 32.2 Å². The molecule has 1 unspecified atom stereocenters. The highest BCUT2D eigenvalue weighted by molar-refractivity contribution is 5.98. The Hall–Kier alpha value is -1.85. The summed E-state index contributed by atoms with van der Waals surface area (Å²) in [5.74, 6) is -1.20. The fraction of sp³-hybridized carbons (Fsp3) is 0.583. The van der Waals surface area contributed by atoms with Gasteiger partial charge in [0.2, 0.25) is 0 Å². The van der Waals surface area contributed by atoms with E-state index >= 15 is 0 Å². The van der Waals surface area contributed by atoms with E-state index in [1.807, 2.05) is 0 Å². The molecule has 1 aliphatic rings. The molecule has 6 nitrogen and oxygen atoms in total. The van der Waals surface area contributed by atoms with E-state index in [0.29, 0.717) is 24.9 Å². The minimum atomic E-state index is -1.10. The quantitative estimate of drug-likeness (QED) is 0.844. The summed E-state index contributed by atoms with van der Waals surface area (Å²) in [7, 11) is 1.76. The van der Waals surface area contributed by atoms with Crippen LogP contribution >= 0.6 is 0 Å². The third kappa shape index (κ3) is 1.68. The molecule has 0 spiro atoms. The van der Waals surface area contributed by atoms with E-state index in [-0.39, 0.29) is 5.91 Å². The summed E-state index contributed by atoms with van der Waals surface area (Å²) in [5, 5.41) is 13.3. The van der Waals surface area contributed by atoms with Crippen LogP contribution in [0.4, 0.5) is 0 Å². The number of carboxylic acid groups (broad SMARTS) is 1. The Balaban J connectivity index is 2.35. The predicted octanol–water partition coefficient (Wildman–Crippen LogP) is 0.808. The number of aromatic nitrogens is 2. The third-order valence-electron chi connectivity index (χ3n) is 3.81. The van der Waals surface area contributed by atoms with Gasteiger partial charge in [-0.15, -0.1) is 0 Å². The molecule has 1 aromatic heterocycles. The SMILES string of the molecule is Cc1c(C(=O)N2CCCC2(C)C(=O)O)cnn1C. The monoisotopic (exact) mass is 251 g/mol. The minimum absolute atomic E-state index is 0.247. The van der Waals surface area contributed by atoms with Gasteiger partial charge in [0.15, 0.2) is 0 Å². The molecule has 1 fully saturated rings. The van der Waals surface area contributed by atoms with Crippen molar-refractivity contribution in [3.05, 3.63) is 17.5 Å². The Bertz CT molecular complexity index is 509. The molecule has 0 radical (unpaired) electrons. The Morgan fingerprint density at radius 1 is 1.50 bits per heavy atom. The predicted molar refractivity (Wildman–Crippen MR) is 64.3 cm³/mol. The maximum Gasteiger partial charge on any atom is 0.329 e. The molecule has 1 atom stereocenters. The molecule has 1 saturated heterocycles. The average Bonchev–Trinajstić information content (AvgIpc) is 2.85. The summed E-state index contributed by atoms with van der Waals surface area (Å²) in [6, 6.07) is 0. The van der Waals surface area contributed by atoms with Crippen molar-refractivity contribution in [3.8, 4) is 0 Å². The first-order valence-electron chi connectivity index (χ1n) is 5.92. The summed E-state index contributed by atoms with van der Waals surface area (Å²) in [6.07, 6.45) is 2.71. The van der Waals surface area contributed by atoms with E-state index in [2.05, 4.69) is 5.10 Å². The van der Waals surface area contributed by atoms with Crippen LogP contribution in [0.5, 0.6) is 0 Å². The molecule has 1 N–H and O–H groups in total. The second kappa shape index (κ2) is 4.12. The number of rotatable bonds is 2. The van der Waals surface area contributed by atoms with Crippen LogP contribution in [0, 0.1) is 6.92 Å². The number of aryl methyl sites for hydroxylation is 1. The molecule has 1 amide bonds. The van der Waals surface area contributed by atoms with Crippen LogP contribution in [0.3, 0.4) is 0 Å². The van der Waals surface area contributed by atoms with Gasteiger partial charge in [0.05, 0.1) is 11.8 Å². The molecular weight excluding hydrogens is 234 g/mol. The summed E-state index contributed by atoms with van der Waals surface area (Å²) in [4.78, 5) is 25.2. The molecular formula is C12H17N3O3. The number of amides is 1. The van der Waals surface area contributed by atoms with Gasteiger partial charge in [0.25, 0.3) is 5.91 Å².